The summed E-state index contributed by atoms with van der Waals surface area (Å²) >= 11 is 0. The number of rotatable bonds is 6. The average molecular weight is 852 g/mol. The summed E-state index contributed by atoms with van der Waals surface area (Å²) in [6.07, 6.45) is 0. The first kappa shape index (κ1) is 37.6. The van der Waals surface area contributed by atoms with Crippen molar-refractivity contribution in [1.82, 2.24) is 0 Å². The van der Waals surface area contributed by atoms with Crippen molar-refractivity contribution in [1.29, 1.82) is 0 Å². The van der Waals surface area contributed by atoms with E-state index >= 15 is 0 Å². The van der Waals surface area contributed by atoms with E-state index in [4.69, 9.17) is 4.42 Å². The standard InChI is InChI=1S/C65H41NO/c1-2-16-42(17-3-1)44-20-14-21-45(38-44)43-32-34-48(35-33-43)66(62-31-13-9-25-54(62)55-26-15-27-56-57-39-46-18-4-5-19-47(46)40-63(57)67-64(55)56)49-36-37-53-52-24-8-12-30-60(52)65(61(53)41-49)58-28-10-6-22-50(58)51-23-7-11-29-59(51)65/h1-41H. The van der Waals surface area contributed by atoms with Crippen LogP contribution in [0.25, 0.3) is 88.3 Å². The van der Waals surface area contributed by atoms with E-state index in [1.807, 2.05) is 0 Å². The summed E-state index contributed by atoms with van der Waals surface area (Å²) in [7, 11) is 0. The van der Waals surface area contributed by atoms with Crippen molar-refractivity contribution < 1.29 is 4.42 Å². The second-order valence-electron chi connectivity index (χ2n) is 17.9. The highest BCUT2D eigenvalue weighted by Crippen LogP contribution is 2.63. The minimum absolute atomic E-state index is 0.475. The Labute approximate surface area is 389 Å². The van der Waals surface area contributed by atoms with E-state index in [0.717, 1.165) is 55.7 Å². The van der Waals surface area contributed by atoms with Gasteiger partial charge >= 0.3 is 0 Å². The molecule has 1 aromatic heterocycles. The monoisotopic (exact) mass is 851 g/mol. The van der Waals surface area contributed by atoms with Gasteiger partial charge in [0.05, 0.1) is 11.1 Å². The summed E-state index contributed by atoms with van der Waals surface area (Å²) in [5.41, 5.74) is 21.9. The molecule has 312 valence electrons. The lowest BCUT2D eigenvalue weighted by Gasteiger charge is -2.32. The molecule has 0 saturated carbocycles. The Hall–Kier alpha value is -8.72. The molecule has 2 nitrogen and oxygen atoms in total. The number of anilines is 3. The summed E-state index contributed by atoms with van der Waals surface area (Å²) < 4.78 is 6.91. The van der Waals surface area contributed by atoms with Crippen LogP contribution in [0.3, 0.4) is 0 Å². The van der Waals surface area contributed by atoms with Gasteiger partial charge < -0.3 is 9.32 Å². The van der Waals surface area contributed by atoms with Gasteiger partial charge in [0.25, 0.3) is 0 Å². The molecule has 0 N–H and O–H groups in total. The van der Waals surface area contributed by atoms with Crippen LogP contribution in [0.4, 0.5) is 17.1 Å². The van der Waals surface area contributed by atoms with Crippen LogP contribution in [0.2, 0.25) is 0 Å². The molecule has 0 unspecified atom stereocenters. The third-order valence-corrected chi connectivity index (χ3v) is 14.5. The first-order chi connectivity index (χ1) is 33.2. The maximum Gasteiger partial charge on any atom is 0.143 e. The van der Waals surface area contributed by atoms with Gasteiger partial charge in [-0.15, -0.1) is 0 Å². The number of furan rings is 1. The van der Waals surface area contributed by atoms with Crippen LogP contribution in [-0.2, 0) is 5.41 Å². The van der Waals surface area contributed by atoms with Crippen molar-refractivity contribution >= 4 is 49.8 Å². The normalized spacial score (nSPS) is 12.9. The minimum atomic E-state index is -0.475. The molecule has 0 atom stereocenters. The highest BCUT2D eigenvalue weighted by Gasteiger charge is 2.51. The van der Waals surface area contributed by atoms with Gasteiger partial charge in [0.1, 0.15) is 11.2 Å². The summed E-state index contributed by atoms with van der Waals surface area (Å²) in [4.78, 5) is 2.46. The first-order valence-electron chi connectivity index (χ1n) is 23.2. The van der Waals surface area contributed by atoms with Crippen molar-refractivity contribution in [2.24, 2.45) is 0 Å². The zero-order chi connectivity index (χ0) is 44.1. The first-order valence-corrected chi connectivity index (χ1v) is 23.2. The minimum Gasteiger partial charge on any atom is -0.455 e. The van der Waals surface area contributed by atoms with E-state index in [9.17, 15) is 0 Å². The number of benzene rings is 11. The summed E-state index contributed by atoms with van der Waals surface area (Å²) in [6.45, 7) is 0. The molecule has 0 fully saturated rings. The van der Waals surface area contributed by atoms with Gasteiger partial charge in [0.2, 0.25) is 0 Å². The Morgan fingerprint density at radius 2 is 0.806 bits per heavy atom. The number of fused-ring (bicyclic) bond motifs is 14. The Kier molecular flexibility index (Phi) is 8.23. The average Bonchev–Trinajstić information content (AvgIpc) is 4.02. The molecule has 0 amide bonds. The molecule has 1 spiro atoms. The van der Waals surface area contributed by atoms with Crippen molar-refractivity contribution in [3.05, 3.63) is 271 Å². The largest absolute Gasteiger partial charge is 0.455 e. The predicted octanol–water partition coefficient (Wildman–Crippen LogP) is 17.6. The molecule has 11 aromatic carbocycles. The van der Waals surface area contributed by atoms with Gasteiger partial charge in [-0.25, -0.2) is 0 Å². The second-order valence-corrected chi connectivity index (χ2v) is 17.9. The van der Waals surface area contributed by atoms with Crippen LogP contribution in [-0.4, -0.2) is 0 Å². The third kappa shape index (κ3) is 5.57. The van der Waals surface area contributed by atoms with E-state index in [0.29, 0.717) is 0 Å². The maximum absolute atomic E-state index is 6.91. The van der Waals surface area contributed by atoms with Gasteiger partial charge in [-0.1, -0.05) is 200 Å². The van der Waals surface area contributed by atoms with Gasteiger partial charge in [-0.3, -0.25) is 0 Å². The quantitative estimate of drug-likeness (QED) is 0.166. The Morgan fingerprint density at radius 3 is 1.49 bits per heavy atom. The fourth-order valence-corrected chi connectivity index (χ4v) is 11.6. The molecule has 2 heteroatoms. The van der Waals surface area contributed by atoms with Crippen LogP contribution in [0.15, 0.2) is 253 Å². The zero-order valence-electron chi connectivity index (χ0n) is 36.5. The maximum atomic E-state index is 6.91. The van der Waals surface area contributed by atoms with E-state index in [-0.39, 0.29) is 0 Å². The SMILES string of the molecule is c1ccc(-c2cccc(-c3ccc(N(c4ccc5c(c4)C4(c6ccccc6-c6ccccc64)c4ccccc4-5)c4ccccc4-c4cccc5c4oc4cc6ccccc6cc45)cc3)c2)cc1. The van der Waals surface area contributed by atoms with Crippen LogP contribution in [0.1, 0.15) is 22.3 Å². The Bertz CT molecular complexity index is 3870. The van der Waals surface area contributed by atoms with Crippen LogP contribution < -0.4 is 4.90 Å². The van der Waals surface area contributed by atoms with E-state index < -0.39 is 5.41 Å². The Morgan fingerprint density at radius 1 is 0.299 bits per heavy atom. The number of para-hydroxylation sites is 2. The van der Waals surface area contributed by atoms with E-state index in [2.05, 4.69) is 254 Å². The van der Waals surface area contributed by atoms with Gasteiger partial charge in [-0.2, -0.15) is 0 Å². The number of nitrogens with zero attached hydrogens (tertiary/aromatic N) is 1. The predicted molar refractivity (Wildman–Crippen MR) is 279 cm³/mol. The highest BCUT2D eigenvalue weighted by molar-refractivity contribution is 6.14. The van der Waals surface area contributed by atoms with Crippen molar-refractivity contribution in [2.75, 3.05) is 4.90 Å². The van der Waals surface area contributed by atoms with Gasteiger partial charge in [-0.05, 0) is 126 Å². The van der Waals surface area contributed by atoms with Crippen molar-refractivity contribution in [2.45, 2.75) is 5.41 Å². The van der Waals surface area contributed by atoms with Gasteiger partial charge in [0.15, 0.2) is 0 Å². The molecule has 2 aliphatic rings. The highest BCUT2D eigenvalue weighted by atomic mass is 16.3. The van der Waals surface area contributed by atoms with E-state index in [1.165, 1.54) is 72.0 Å². The number of hydrogen-bond acceptors (Lipinski definition) is 2. The summed E-state index contributed by atoms with van der Waals surface area (Å²) in [5.74, 6) is 0. The van der Waals surface area contributed by atoms with Crippen LogP contribution >= 0.6 is 0 Å². The van der Waals surface area contributed by atoms with Gasteiger partial charge in [0, 0.05) is 33.3 Å². The lowest BCUT2D eigenvalue weighted by molar-refractivity contribution is 0.670. The smallest absolute Gasteiger partial charge is 0.143 e. The molecule has 67 heavy (non-hydrogen) atoms. The molecule has 0 bridgehead atoms. The fourth-order valence-electron chi connectivity index (χ4n) is 11.6. The molecule has 0 saturated heterocycles. The molecule has 0 aliphatic heterocycles. The number of hydrogen-bond donors (Lipinski definition) is 0. The Balaban J connectivity index is 0.991. The fraction of sp³-hybridized carbons (Fsp3) is 0.0154. The third-order valence-electron chi connectivity index (χ3n) is 14.5. The topological polar surface area (TPSA) is 16.4 Å². The lowest BCUT2D eigenvalue weighted by atomic mass is 9.70. The zero-order valence-corrected chi connectivity index (χ0v) is 36.5. The lowest BCUT2D eigenvalue weighted by Crippen LogP contribution is -2.26. The molecular formula is C65H41NO. The molecular weight excluding hydrogens is 811 g/mol. The molecule has 14 rings (SSSR count). The molecule has 2 aliphatic carbocycles. The van der Waals surface area contributed by atoms with E-state index in [1.54, 1.807) is 0 Å². The molecule has 12 aromatic rings. The molecule has 1 heterocycles. The van der Waals surface area contributed by atoms with Crippen molar-refractivity contribution in [3.63, 3.8) is 0 Å². The van der Waals surface area contributed by atoms with Crippen molar-refractivity contribution in [3.8, 4) is 55.6 Å². The van der Waals surface area contributed by atoms with Crippen LogP contribution in [0.5, 0.6) is 0 Å². The van der Waals surface area contributed by atoms with Crippen LogP contribution in [0, 0.1) is 0 Å². The second kappa shape index (κ2) is 14.7. The molecule has 0 radical (unpaired) electrons. The summed E-state index contributed by atoms with van der Waals surface area (Å²) in [5, 5.41) is 4.60. The summed E-state index contributed by atoms with van der Waals surface area (Å²) in [6, 6.07) is 91.3.